The third-order valence-corrected chi connectivity index (χ3v) is 3.94. The molecule has 1 saturated carbocycles. The fraction of sp³-hybridized carbons (Fsp3) is 0.500. The summed E-state index contributed by atoms with van der Waals surface area (Å²) >= 11 is 0. The van der Waals surface area contributed by atoms with Crippen molar-refractivity contribution in [3.8, 4) is 0 Å². The van der Waals surface area contributed by atoms with Crippen molar-refractivity contribution in [2.24, 2.45) is 5.41 Å². The Balaban J connectivity index is 1.79. The van der Waals surface area contributed by atoms with Gasteiger partial charge in [0, 0.05) is 25.5 Å². The summed E-state index contributed by atoms with van der Waals surface area (Å²) in [6, 6.07) is 1.53. The van der Waals surface area contributed by atoms with E-state index < -0.39 is 11.4 Å². The Labute approximate surface area is 117 Å². The second-order valence-electron chi connectivity index (χ2n) is 5.28. The van der Waals surface area contributed by atoms with Crippen molar-refractivity contribution in [2.45, 2.75) is 32.7 Å². The van der Waals surface area contributed by atoms with Crippen molar-refractivity contribution in [3.63, 3.8) is 0 Å². The lowest BCUT2D eigenvalue weighted by molar-refractivity contribution is -0.153. The molecular formula is C14H19N3O3. The molecule has 0 radical (unpaired) electrons. The van der Waals surface area contributed by atoms with Crippen LogP contribution >= 0.6 is 0 Å². The summed E-state index contributed by atoms with van der Waals surface area (Å²) in [6.07, 6.45) is 5.57. The Bertz CT molecular complexity index is 512. The van der Waals surface area contributed by atoms with E-state index in [1.165, 1.54) is 0 Å². The first kappa shape index (κ1) is 14.3. The van der Waals surface area contributed by atoms with Gasteiger partial charge in [-0.3, -0.25) is 9.78 Å². The van der Waals surface area contributed by atoms with Crippen LogP contribution in [-0.2, 0) is 11.3 Å². The van der Waals surface area contributed by atoms with Crippen LogP contribution in [0.2, 0.25) is 0 Å². The van der Waals surface area contributed by atoms with Crippen molar-refractivity contribution in [1.29, 1.82) is 0 Å². The number of hydrogen-bond donors (Lipinski definition) is 3. The molecule has 0 unspecified atom stereocenters. The van der Waals surface area contributed by atoms with E-state index in [0.717, 1.165) is 17.5 Å². The van der Waals surface area contributed by atoms with Crippen LogP contribution < -0.4 is 10.6 Å². The molecule has 20 heavy (non-hydrogen) atoms. The number of carboxylic acid groups (broad SMARTS) is 1. The summed E-state index contributed by atoms with van der Waals surface area (Å²) < 4.78 is 0. The van der Waals surface area contributed by atoms with Gasteiger partial charge in [0.1, 0.15) is 0 Å². The summed E-state index contributed by atoms with van der Waals surface area (Å²) in [5.74, 6) is -0.827. The number of hydrogen-bond acceptors (Lipinski definition) is 3. The Hall–Kier alpha value is -2.11. The summed E-state index contributed by atoms with van der Waals surface area (Å²) in [6.45, 7) is 2.51. The molecule has 6 nitrogen and oxygen atoms in total. The predicted octanol–water partition coefficient (Wildman–Crippen LogP) is 1.44. The van der Waals surface area contributed by atoms with Gasteiger partial charge in [-0.05, 0) is 37.0 Å². The predicted molar refractivity (Wildman–Crippen MR) is 73.1 cm³/mol. The van der Waals surface area contributed by atoms with E-state index >= 15 is 0 Å². The lowest BCUT2D eigenvalue weighted by atomic mass is 9.69. The van der Waals surface area contributed by atoms with Crippen LogP contribution in [0.4, 0.5) is 4.79 Å². The molecule has 0 bridgehead atoms. The zero-order chi connectivity index (χ0) is 14.6. The van der Waals surface area contributed by atoms with Crippen molar-refractivity contribution in [3.05, 3.63) is 29.6 Å². The number of amides is 2. The molecule has 108 valence electrons. The van der Waals surface area contributed by atoms with Crippen molar-refractivity contribution < 1.29 is 14.7 Å². The number of carbonyl (C=O) groups excluding carboxylic acids is 1. The summed E-state index contributed by atoms with van der Waals surface area (Å²) in [4.78, 5) is 26.9. The molecule has 1 heterocycles. The normalized spacial score (nSPS) is 16.1. The molecule has 1 aliphatic carbocycles. The molecule has 0 aliphatic heterocycles. The van der Waals surface area contributed by atoms with E-state index in [2.05, 4.69) is 15.6 Å². The number of urea groups is 1. The topological polar surface area (TPSA) is 91.3 Å². The Morgan fingerprint density at radius 1 is 1.40 bits per heavy atom. The number of aromatic nitrogens is 1. The second kappa shape index (κ2) is 5.90. The van der Waals surface area contributed by atoms with Gasteiger partial charge in [0.05, 0.1) is 5.41 Å². The van der Waals surface area contributed by atoms with Crippen LogP contribution in [0, 0.1) is 12.3 Å². The van der Waals surface area contributed by atoms with E-state index in [4.69, 9.17) is 5.11 Å². The molecule has 1 aromatic heterocycles. The third kappa shape index (κ3) is 3.07. The van der Waals surface area contributed by atoms with Crippen LogP contribution in [0.5, 0.6) is 0 Å². The van der Waals surface area contributed by atoms with Crippen LogP contribution in [0.3, 0.4) is 0 Å². The molecule has 1 aromatic rings. The van der Waals surface area contributed by atoms with E-state index in [1.54, 1.807) is 12.4 Å². The first-order valence-corrected chi connectivity index (χ1v) is 6.68. The second-order valence-corrected chi connectivity index (χ2v) is 5.28. The highest BCUT2D eigenvalue weighted by molar-refractivity contribution is 5.78. The fourth-order valence-corrected chi connectivity index (χ4v) is 2.24. The maximum absolute atomic E-state index is 11.7. The molecule has 0 saturated heterocycles. The number of aliphatic carboxylic acids is 1. The average molecular weight is 277 g/mol. The minimum atomic E-state index is -0.827. The molecule has 2 amide bonds. The van der Waals surface area contributed by atoms with Gasteiger partial charge >= 0.3 is 12.0 Å². The van der Waals surface area contributed by atoms with Crippen LogP contribution in [0.15, 0.2) is 18.5 Å². The molecule has 3 N–H and O–H groups in total. The van der Waals surface area contributed by atoms with Gasteiger partial charge in [0.2, 0.25) is 0 Å². The SMILES string of the molecule is Cc1ccncc1CNC(=O)NCC1(C(=O)O)CCC1. The summed E-state index contributed by atoms with van der Waals surface area (Å²) in [5, 5.41) is 14.5. The van der Waals surface area contributed by atoms with Crippen LogP contribution in [-0.4, -0.2) is 28.6 Å². The molecular weight excluding hydrogens is 258 g/mol. The maximum Gasteiger partial charge on any atom is 0.315 e. The summed E-state index contributed by atoms with van der Waals surface area (Å²) in [5.41, 5.74) is 1.24. The highest BCUT2D eigenvalue weighted by Crippen LogP contribution is 2.40. The van der Waals surface area contributed by atoms with Gasteiger partial charge in [-0.1, -0.05) is 6.42 Å². The standard InChI is InChI=1S/C14H19N3O3/c1-10-3-6-15-7-11(10)8-16-13(20)17-9-14(12(18)19)4-2-5-14/h3,6-7H,2,4-5,8-9H2,1H3,(H,18,19)(H2,16,17,20). The summed E-state index contributed by atoms with van der Waals surface area (Å²) in [7, 11) is 0. The van der Waals surface area contributed by atoms with Gasteiger partial charge in [-0.15, -0.1) is 0 Å². The van der Waals surface area contributed by atoms with Gasteiger partial charge < -0.3 is 15.7 Å². The molecule has 1 fully saturated rings. The van der Waals surface area contributed by atoms with Gasteiger partial charge in [-0.25, -0.2) is 4.79 Å². The third-order valence-electron chi connectivity index (χ3n) is 3.94. The Kier molecular flexibility index (Phi) is 4.22. The highest BCUT2D eigenvalue weighted by atomic mass is 16.4. The average Bonchev–Trinajstić information content (AvgIpc) is 2.36. The zero-order valence-electron chi connectivity index (χ0n) is 11.5. The minimum Gasteiger partial charge on any atom is -0.481 e. The van der Waals surface area contributed by atoms with E-state index in [9.17, 15) is 9.59 Å². The maximum atomic E-state index is 11.7. The number of pyridine rings is 1. The van der Waals surface area contributed by atoms with E-state index in [1.807, 2.05) is 13.0 Å². The van der Waals surface area contributed by atoms with Crippen LogP contribution in [0.25, 0.3) is 0 Å². The Morgan fingerprint density at radius 3 is 2.70 bits per heavy atom. The van der Waals surface area contributed by atoms with Crippen molar-refractivity contribution in [2.75, 3.05) is 6.54 Å². The smallest absolute Gasteiger partial charge is 0.315 e. The lowest BCUT2D eigenvalue weighted by Crippen LogP contribution is -2.49. The number of carboxylic acids is 1. The Morgan fingerprint density at radius 2 is 2.15 bits per heavy atom. The van der Waals surface area contributed by atoms with E-state index in [0.29, 0.717) is 19.4 Å². The quantitative estimate of drug-likeness (QED) is 0.759. The molecule has 6 heteroatoms. The van der Waals surface area contributed by atoms with E-state index in [-0.39, 0.29) is 12.6 Å². The van der Waals surface area contributed by atoms with Gasteiger partial charge in [0.15, 0.2) is 0 Å². The minimum absolute atomic E-state index is 0.181. The number of carbonyl (C=O) groups is 2. The lowest BCUT2D eigenvalue weighted by Gasteiger charge is -2.37. The zero-order valence-corrected chi connectivity index (χ0v) is 11.5. The number of rotatable bonds is 5. The number of nitrogens with zero attached hydrogens (tertiary/aromatic N) is 1. The molecule has 0 aromatic carbocycles. The molecule has 0 atom stereocenters. The van der Waals surface area contributed by atoms with Gasteiger partial charge in [-0.2, -0.15) is 0 Å². The number of aryl methyl sites for hydroxylation is 1. The number of nitrogens with one attached hydrogen (secondary N) is 2. The fourth-order valence-electron chi connectivity index (χ4n) is 2.24. The first-order valence-electron chi connectivity index (χ1n) is 6.68. The highest BCUT2D eigenvalue weighted by Gasteiger charge is 2.44. The van der Waals surface area contributed by atoms with Crippen LogP contribution in [0.1, 0.15) is 30.4 Å². The van der Waals surface area contributed by atoms with Crippen molar-refractivity contribution in [1.82, 2.24) is 15.6 Å². The monoisotopic (exact) mass is 277 g/mol. The first-order chi connectivity index (χ1) is 9.53. The largest absolute Gasteiger partial charge is 0.481 e. The van der Waals surface area contributed by atoms with Gasteiger partial charge in [0.25, 0.3) is 0 Å². The molecule has 1 aliphatic rings. The molecule has 0 spiro atoms. The molecule has 2 rings (SSSR count). The van der Waals surface area contributed by atoms with Crippen molar-refractivity contribution >= 4 is 12.0 Å².